The average molecular weight is 291 g/mol. The Morgan fingerprint density at radius 3 is 2.86 bits per heavy atom. The van der Waals surface area contributed by atoms with Crippen LogP contribution in [0.4, 0.5) is 0 Å². The molecule has 0 saturated carbocycles. The summed E-state index contributed by atoms with van der Waals surface area (Å²) >= 11 is 0. The second-order valence-electron chi connectivity index (χ2n) is 6.41. The summed E-state index contributed by atoms with van der Waals surface area (Å²) in [6, 6.07) is 7.71. The van der Waals surface area contributed by atoms with Crippen LogP contribution >= 0.6 is 0 Å². The summed E-state index contributed by atoms with van der Waals surface area (Å²) in [5.41, 5.74) is 1.13. The molecule has 1 aromatic rings. The quantitative estimate of drug-likeness (QED) is 0.905. The van der Waals surface area contributed by atoms with Gasteiger partial charge in [-0.3, -0.25) is 4.79 Å². The number of methoxy groups -OCH3 is 1. The van der Waals surface area contributed by atoms with E-state index in [-0.39, 0.29) is 12.0 Å². The standard InChI is InChI=1S/C17H25NO3/c1-17(2,20)9-7-13-5-4-6-14(11-13)16(19)18-10-8-15(12-18)21-3/h4-6,11,15,20H,7-10,12H2,1-3H3. The molecule has 1 aliphatic heterocycles. The molecule has 4 nitrogen and oxygen atoms in total. The van der Waals surface area contributed by atoms with Crippen LogP contribution in [-0.4, -0.2) is 47.8 Å². The first-order valence-electron chi connectivity index (χ1n) is 7.52. The SMILES string of the molecule is COC1CCN(C(=O)c2cccc(CCC(C)(C)O)c2)C1. The van der Waals surface area contributed by atoms with Gasteiger partial charge in [-0.1, -0.05) is 12.1 Å². The Hall–Kier alpha value is -1.39. The number of amides is 1. The molecular formula is C17H25NO3. The number of aliphatic hydroxyl groups is 1. The van der Waals surface area contributed by atoms with Gasteiger partial charge in [0.15, 0.2) is 0 Å². The number of ether oxygens (including phenoxy) is 1. The highest BCUT2D eigenvalue weighted by Gasteiger charge is 2.26. The van der Waals surface area contributed by atoms with Gasteiger partial charge in [-0.05, 0) is 50.8 Å². The van der Waals surface area contributed by atoms with Crippen molar-refractivity contribution in [1.82, 2.24) is 4.90 Å². The van der Waals surface area contributed by atoms with Gasteiger partial charge in [0.05, 0.1) is 11.7 Å². The predicted octanol–water partition coefficient (Wildman–Crippen LogP) is 2.25. The Morgan fingerprint density at radius 2 is 2.24 bits per heavy atom. The van der Waals surface area contributed by atoms with Crippen molar-refractivity contribution in [2.24, 2.45) is 0 Å². The third-order valence-corrected chi connectivity index (χ3v) is 3.96. The Balaban J connectivity index is 2.02. The third kappa shape index (κ3) is 4.55. The molecule has 1 amide bonds. The molecule has 0 aliphatic carbocycles. The Kier molecular flexibility index (Phi) is 5.01. The van der Waals surface area contributed by atoms with Gasteiger partial charge < -0.3 is 14.7 Å². The van der Waals surface area contributed by atoms with Crippen LogP contribution in [0.3, 0.4) is 0 Å². The number of carbonyl (C=O) groups is 1. The highest BCUT2D eigenvalue weighted by molar-refractivity contribution is 5.94. The largest absolute Gasteiger partial charge is 0.390 e. The topological polar surface area (TPSA) is 49.8 Å². The molecule has 1 saturated heterocycles. The first-order chi connectivity index (χ1) is 9.89. The van der Waals surface area contributed by atoms with Crippen molar-refractivity contribution in [2.75, 3.05) is 20.2 Å². The van der Waals surface area contributed by atoms with Gasteiger partial charge in [-0.25, -0.2) is 0 Å². The normalized spacial score (nSPS) is 19.0. The monoisotopic (exact) mass is 291 g/mol. The van der Waals surface area contributed by atoms with Crippen LogP contribution in [0.15, 0.2) is 24.3 Å². The van der Waals surface area contributed by atoms with Crippen LogP contribution in [0, 0.1) is 0 Å². The number of aryl methyl sites for hydroxylation is 1. The molecule has 1 fully saturated rings. The highest BCUT2D eigenvalue weighted by Crippen LogP contribution is 2.18. The van der Waals surface area contributed by atoms with Gasteiger partial charge in [0.2, 0.25) is 0 Å². The summed E-state index contributed by atoms with van der Waals surface area (Å²) in [4.78, 5) is 14.3. The fourth-order valence-corrected chi connectivity index (χ4v) is 2.60. The second-order valence-corrected chi connectivity index (χ2v) is 6.41. The van der Waals surface area contributed by atoms with Gasteiger partial charge >= 0.3 is 0 Å². The number of carbonyl (C=O) groups excluding carboxylic acids is 1. The van der Waals surface area contributed by atoms with Gasteiger partial charge in [0, 0.05) is 25.8 Å². The summed E-state index contributed by atoms with van der Waals surface area (Å²) in [6.07, 6.45) is 2.51. The first-order valence-corrected chi connectivity index (χ1v) is 7.52. The number of nitrogens with zero attached hydrogens (tertiary/aromatic N) is 1. The Labute approximate surface area is 126 Å². The molecule has 0 aromatic heterocycles. The number of hydrogen-bond donors (Lipinski definition) is 1. The lowest BCUT2D eigenvalue weighted by molar-refractivity contribution is 0.0714. The maximum absolute atomic E-state index is 12.5. The lowest BCUT2D eigenvalue weighted by atomic mass is 9.98. The molecule has 1 N–H and O–H groups in total. The Morgan fingerprint density at radius 1 is 1.48 bits per heavy atom. The van der Waals surface area contributed by atoms with E-state index >= 15 is 0 Å². The van der Waals surface area contributed by atoms with E-state index in [9.17, 15) is 9.90 Å². The minimum absolute atomic E-state index is 0.0691. The van der Waals surface area contributed by atoms with E-state index in [4.69, 9.17) is 4.74 Å². The van der Waals surface area contributed by atoms with Crippen molar-refractivity contribution >= 4 is 5.91 Å². The fraction of sp³-hybridized carbons (Fsp3) is 0.588. The van der Waals surface area contributed by atoms with Gasteiger partial charge in [-0.15, -0.1) is 0 Å². The maximum Gasteiger partial charge on any atom is 0.253 e. The average Bonchev–Trinajstić information content (AvgIpc) is 2.93. The highest BCUT2D eigenvalue weighted by atomic mass is 16.5. The molecule has 0 radical (unpaired) electrons. The number of hydrogen-bond acceptors (Lipinski definition) is 3. The molecule has 1 heterocycles. The zero-order valence-corrected chi connectivity index (χ0v) is 13.1. The van der Waals surface area contributed by atoms with Crippen molar-refractivity contribution in [3.8, 4) is 0 Å². The summed E-state index contributed by atoms with van der Waals surface area (Å²) in [6.45, 7) is 5.03. The molecule has 1 unspecified atom stereocenters. The van der Waals surface area contributed by atoms with Crippen molar-refractivity contribution in [3.63, 3.8) is 0 Å². The molecule has 1 atom stereocenters. The van der Waals surface area contributed by atoms with Crippen molar-refractivity contribution < 1.29 is 14.6 Å². The van der Waals surface area contributed by atoms with E-state index in [0.29, 0.717) is 13.0 Å². The van der Waals surface area contributed by atoms with Crippen LogP contribution < -0.4 is 0 Å². The smallest absolute Gasteiger partial charge is 0.253 e. The van der Waals surface area contributed by atoms with Gasteiger partial charge in [0.1, 0.15) is 0 Å². The predicted molar refractivity (Wildman–Crippen MR) is 82.4 cm³/mol. The minimum Gasteiger partial charge on any atom is -0.390 e. The summed E-state index contributed by atoms with van der Waals surface area (Å²) in [7, 11) is 1.69. The van der Waals surface area contributed by atoms with Crippen molar-refractivity contribution in [2.45, 2.75) is 44.8 Å². The van der Waals surface area contributed by atoms with E-state index in [2.05, 4.69) is 0 Å². The molecule has 2 rings (SSSR count). The van der Waals surface area contributed by atoms with Crippen LogP contribution in [0.2, 0.25) is 0 Å². The first kappa shape index (κ1) is 16.0. The van der Waals surface area contributed by atoms with Gasteiger partial charge in [-0.2, -0.15) is 0 Å². The van der Waals surface area contributed by atoms with Crippen molar-refractivity contribution in [3.05, 3.63) is 35.4 Å². The zero-order chi connectivity index (χ0) is 15.5. The third-order valence-electron chi connectivity index (χ3n) is 3.96. The molecule has 1 aliphatic rings. The molecule has 0 bridgehead atoms. The van der Waals surface area contributed by atoms with Crippen LogP contribution in [0.1, 0.15) is 42.6 Å². The van der Waals surface area contributed by atoms with E-state index in [1.54, 1.807) is 21.0 Å². The lowest BCUT2D eigenvalue weighted by Crippen LogP contribution is -2.30. The second kappa shape index (κ2) is 6.58. The van der Waals surface area contributed by atoms with Crippen LogP contribution in [-0.2, 0) is 11.2 Å². The minimum atomic E-state index is -0.680. The van der Waals surface area contributed by atoms with Crippen molar-refractivity contribution in [1.29, 1.82) is 0 Å². The summed E-state index contributed by atoms with van der Waals surface area (Å²) in [5.74, 6) is 0.0691. The summed E-state index contributed by atoms with van der Waals surface area (Å²) < 4.78 is 5.31. The van der Waals surface area contributed by atoms with E-state index in [1.165, 1.54) is 0 Å². The molecular weight excluding hydrogens is 266 g/mol. The van der Waals surface area contributed by atoms with E-state index in [1.807, 2.05) is 29.2 Å². The maximum atomic E-state index is 12.5. The van der Waals surface area contributed by atoms with Gasteiger partial charge in [0.25, 0.3) is 5.91 Å². The van der Waals surface area contributed by atoms with E-state index in [0.717, 1.165) is 30.5 Å². The van der Waals surface area contributed by atoms with E-state index < -0.39 is 5.60 Å². The number of rotatable bonds is 5. The Bertz CT molecular complexity index is 493. The molecule has 116 valence electrons. The number of likely N-dealkylation sites (tertiary alicyclic amines) is 1. The molecule has 0 spiro atoms. The van der Waals surface area contributed by atoms with Crippen LogP contribution in [0.25, 0.3) is 0 Å². The lowest BCUT2D eigenvalue weighted by Gasteiger charge is -2.18. The zero-order valence-electron chi connectivity index (χ0n) is 13.1. The summed E-state index contributed by atoms with van der Waals surface area (Å²) in [5, 5.41) is 9.80. The van der Waals surface area contributed by atoms with Crippen LogP contribution in [0.5, 0.6) is 0 Å². The number of benzene rings is 1. The molecule has 1 aromatic carbocycles. The fourth-order valence-electron chi connectivity index (χ4n) is 2.60. The molecule has 4 heteroatoms. The molecule has 21 heavy (non-hydrogen) atoms.